The number of anilines is 1. The minimum absolute atomic E-state index is 0.0753. The van der Waals surface area contributed by atoms with Gasteiger partial charge in [-0.05, 0) is 37.3 Å². The van der Waals surface area contributed by atoms with Crippen molar-refractivity contribution in [1.29, 1.82) is 0 Å². The number of hydrogen-bond acceptors (Lipinski definition) is 3. The normalized spacial score (nSPS) is 31.0. The number of fused-ring (bicyclic) bond motifs is 1. The molecule has 1 N–H and O–H groups in total. The predicted octanol–water partition coefficient (Wildman–Crippen LogP) is 2.26. The van der Waals surface area contributed by atoms with Gasteiger partial charge in [-0.25, -0.2) is 0 Å². The predicted molar refractivity (Wildman–Crippen MR) is 92.5 cm³/mol. The number of piperazine rings is 1. The number of hydrogen-bond donors (Lipinski definition) is 1. The summed E-state index contributed by atoms with van der Waals surface area (Å²) in [5, 5.41) is 3.63. The molecule has 1 aromatic carbocycles. The average molecular weight is 313 g/mol. The lowest BCUT2D eigenvalue weighted by Gasteiger charge is -2.37. The molecule has 1 aromatic rings. The van der Waals surface area contributed by atoms with E-state index in [1.54, 1.807) is 0 Å². The van der Waals surface area contributed by atoms with E-state index in [9.17, 15) is 4.79 Å². The van der Waals surface area contributed by atoms with Gasteiger partial charge in [0.2, 0.25) is 5.91 Å². The summed E-state index contributed by atoms with van der Waals surface area (Å²) in [6.07, 6.45) is 6.30. The van der Waals surface area contributed by atoms with Crippen molar-refractivity contribution in [3.8, 4) is 0 Å². The van der Waals surface area contributed by atoms with Gasteiger partial charge in [-0.15, -0.1) is 0 Å². The van der Waals surface area contributed by atoms with E-state index in [2.05, 4.69) is 45.4 Å². The third-order valence-electron chi connectivity index (χ3n) is 5.87. The van der Waals surface area contributed by atoms with Gasteiger partial charge in [-0.2, -0.15) is 0 Å². The maximum Gasteiger partial charge on any atom is 0.239 e. The number of para-hydroxylation sites is 1. The van der Waals surface area contributed by atoms with Crippen LogP contribution in [0.15, 0.2) is 30.3 Å². The Balaban J connectivity index is 1.33. The lowest BCUT2D eigenvalue weighted by Crippen LogP contribution is -2.53. The zero-order valence-corrected chi connectivity index (χ0v) is 13.8. The monoisotopic (exact) mass is 313 g/mol. The van der Waals surface area contributed by atoms with Crippen molar-refractivity contribution >= 4 is 11.6 Å². The molecule has 1 aliphatic carbocycles. The zero-order valence-electron chi connectivity index (χ0n) is 13.8. The van der Waals surface area contributed by atoms with Crippen molar-refractivity contribution in [3.05, 3.63) is 30.3 Å². The Labute approximate surface area is 138 Å². The van der Waals surface area contributed by atoms with Gasteiger partial charge in [0, 0.05) is 37.9 Å². The van der Waals surface area contributed by atoms with E-state index >= 15 is 0 Å². The van der Waals surface area contributed by atoms with Gasteiger partial charge < -0.3 is 15.1 Å². The fraction of sp³-hybridized carbons (Fsp3) is 0.632. The molecule has 0 bridgehead atoms. The number of amides is 1. The van der Waals surface area contributed by atoms with Crippen LogP contribution in [-0.4, -0.2) is 49.1 Å². The van der Waals surface area contributed by atoms with Crippen molar-refractivity contribution in [2.45, 2.75) is 44.2 Å². The molecule has 23 heavy (non-hydrogen) atoms. The number of nitrogens with one attached hydrogen (secondary N) is 1. The third kappa shape index (κ3) is 3.09. The molecule has 0 radical (unpaired) electrons. The van der Waals surface area contributed by atoms with Crippen molar-refractivity contribution in [3.63, 3.8) is 0 Å². The first-order chi connectivity index (χ1) is 11.3. The molecule has 4 heteroatoms. The summed E-state index contributed by atoms with van der Waals surface area (Å²) in [5.41, 5.74) is 1.27. The van der Waals surface area contributed by atoms with Gasteiger partial charge in [-0.1, -0.05) is 31.0 Å². The standard InChI is InChI=1S/C19H27N3O/c23-19(18-14-15-6-4-5-9-17(15)20-18)22-12-10-21(11-13-22)16-7-2-1-3-8-16/h1-3,7-8,15,17-18,20H,4-6,9-14H2. The fourth-order valence-corrected chi connectivity index (χ4v) is 4.55. The van der Waals surface area contributed by atoms with Gasteiger partial charge in [0.15, 0.2) is 0 Å². The van der Waals surface area contributed by atoms with Crippen molar-refractivity contribution in [2.75, 3.05) is 31.1 Å². The first-order valence-electron chi connectivity index (χ1n) is 9.16. The largest absolute Gasteiger partial charge is 0.368 e. The lowest BCUT2D eigenvalue weighted by atomic mass is 9.85. The van der Waals surface area contributed by atoms with E-state index in [0.717, 1.165) is 38.5 Å². The van der Waals surface area contributed by atoms with Crippen molar-refractivity contribution in [1.82, 2.24) is 10.2 Å². The topological polar surface area (TPSA) is 35.6 Å². The highest BCUT2D eigenvalue weighted by Gasteiger charge is 2.40. The maximum atomic E-state index is 12.8. The van der Waals surface area contributed by atoms with Gasteiger partial charge in [0.05, 0.1) is 6.04 Å². The molecule has 1 saturated carbocycles. The molecule has 4 rings (SSSR count). The minimum Gasteiger partial charge on any atom is -0.368 e. The molecule has 124 valence electrons. The van der Waals surface area contributed by atoms with Crippen LogP contribution in [0.4, 0.5) is 5.69 Å². The van der Waals surface area contributed by atoms with Gasteiger partial charge in [-0.3, -0.25) is 4.79 Å². The highest BCUT2D eigenvalue weighted by molar-refractivity contribution is 5.82. The molecular weight excluding hydrogens is 286 g/mol. The molecular formula is C19H27N3O. The minimum atomic E-state index is 0.0753. The number of rotatable bonds is 2. The summed E-state index contributed by atoms with van der Waals surface area (Å²) in [4.78, 5) is 17.3. The second kappa shape index (κ2) is 6.52. The van der Waals surface area contributed by atoms with E-state index < -0.39 is 0 Å². The van der Waals surface area contributed by atoms with Crippen molar-refractivity contribution < 1.29 is 4.79 Å². The van der Waals surface area contributed by atoms with Crippen molar-refractivity contribution in [2.24, 2.45) is 5.92 Å². The van der Waals surface area contributed by atoms with E-state index in [1.165, 1.54) is 31.4 Å². The number of carbonyl (C=O) groups is 1. The van der Waals surface area contributed by atoms with E-state index in [-0.39, 0.29) is 6.04 Å². The first-order valence-corrected chi connectivity index (χ1v) is 9.16. The lowest BCUT2D eigenvalue weighted by molar-refractivity contribution is -0.133. The van der Waals surface area contributed by atoms with E-state index in [0.29, 0.717) is 11.9 Å². The number of benzene rings is 1. The van der Waals surface area contributed by atoms with E-state index in [1.807, 2.05) is 0 Å². The molecule has 2 heterocycles. The Bertz CT molecular complexity index is 525. The summed E-state index contributed by atoms with van der Waals surface area (Å²) >= 11 is 0. The Morgan fingerprint density at radius 1 is 1.00 bits per heavy atom. The average Bonchev–Trinajstić information content (AvgIpc) is 3.06. The summed E-state index contributed by atoms with van der Waals surface area (Å²) in [7, 11) is 0. The highest BCUT2D eigenvalue weighted by Crippen LogP contribution is 2.33. The fourth-order valence-electron chi connectivity index (χ4n) is 4.55. The van der Waals surface area contributed by atoms with Crippen LogP contribution in [0.3, 0.4) is 0 Å². The SMILES string of the molecule is O=C(C1CC2CCCCC2N1)N1CCN(c2ccccc2)CC1. The Morgan fingerprint density at radius 3 is 2.48 bits per heavy atom. The molecule has 3 atom stereocenters. The molecule has 2 aliphatic heterocycles. The van der Waals surface area contributed by atoms with Gasteiger partial charge >= 0.3 is 0 Å². The van der Waals surface area contributed by atoms with Crippen LogP contribution in [-0.2, 0) is 4.79 Å². The molecule has 2 saturated heterocycles. The molecule has 0 aromatic heterocycles. The Morgan fingerprint density at radius 2 is 1.74 bits per heavy atom. The molecule has 4 nitrogen and oxygen atoms in total. The molecule has 0 spiro atoms. The first kappa shape index (κ1) is 15.0. The maximum absolute atomic E-state index is 12.8. The van der Waals surface area contributed by atoms with Crippen LogP contribution < -0.4 is 10.2 Å². The Hall–Kier alpha value is -1.55. The van der Waals surface area contributed by atoms with E-state index in [4.69, 9.17) is 0 Å². The van der Waals surface area contributed by atoms with Crippen LogP contribution in [0.2, 0.25) is 0 Å². The number of nitrogens with zero attached hydrogens (tertiary/aromatic N) is 2. The third-order valence-corrected chi connectivity index (χ3v) is 5.87. The smallest absolute Gasteiger partial charge is 0.239 e. The summed E-state index contributed by atoms with van der Waals surface area (Å²) < 4.78 is 0. The van der Waals surface area contributed by atoms with Crippen LogP contribution >= 0.6 is 0 Å². The highest BCUT2D eigenvalue weighted by atomic mass is 16.2. The molecule has 3 aliphatic rings. The molecule has 3 unspecified atom stereocenters. The van der Waals surface area contributed by atoms with Crippen LogP contribution in [0.5, 0.6) is 0 Å². The second-order valence-corrected chi connectivity index (χ2v) is 7.25. The summed E-state index contributed by atoms with van der Waals surface area (Å²) in [5.74, 6) is 1.08. The summed E-state index contributed by atoms with van der Waals surface area (Å²) in [6.45, 7) is 3.58. The number of carbonyl (C=O) groups excluding carboxylic acids is 1. The van der Waals surface area contributed by atoms with Gasteiger partial charge in [0.1, 0.15) is 0 Å². The molecule has 1 amide bonds. The Kier molecular flexibility index (Phi) is 4.25. The molecule has 3 fully saturated rings. The quantitative estimate of drug-likeness (QED) is 0.910. The van der Waals surface area contributed by atoms with Gasteiger partial charge in [0.25, 0.3) is 0 Å². The van der Waals surface area contributed by atoms with Crippen LogP contribution in [0.1, 0.15) is 32.1 Å². The zero-order chi connectivity index (χ0) is 15.6. The van der Waals surface area contributed by atoms with Crippen LogP contribution in [0.25, 0.3) is 0 Å². The summed E-state index contributed by atoms with van der Waals surface area (Å²) in [6, 6.07) is 11.2. The second-order valence-electron chi connectivity index (χ2n) is 7.25. The van der Waals surface area contributed by atoms with Crippen LogP contribution in [0, 0.1) is 5.92 Å².